The molecular weight excluding hydrogens is 264 g/mol. The Morgan fingerprint density at radius 1 is 1.38 bits per heavy atom. The van der Waals surface area contributed by atoms with Crippen LogP contribution in [0.2, 0.25) is 0 Å². The average Bonchev–Trinajstić information content (AvgIpc) is 2.84. The number of aromatic amines is 1. The second-order valence-electron chi connectivity index (χ2n) is 4.89. The number of aryl methyl sites for hydroxylation is 1. The molecule has 0 fully saturated rings. The molecule has 3 aromatic rings. The number of para-hydroxylation sites is 1. The van der Waals surface area contributed by atoms with Crippen LogP contribution in [0.1, 0.15) is 18.1 Å². The highest BCUT2D eigenvalue weighted by Crippen LogP contribution is 2.27. The summed E-state index contributed by atoms with van der Waals surface area (Å²) < 4.78 is 4.90. The molecule has 0 atom stereocenters. The van der Waals surface area contributed by atoms with Crippen molar-refractivity contribution in [1.29, 1.82) is 0 Å². The smallest absolute Gasteiger partial charge is 0.330 e. The molecule has 0 aliphatic rings. The van der Waals surface area contributed by atoms with Crippen LogP contribution in [-0.4, -0.2) is 22.5 Å². The van der Waals surface area contributed by atoms with E-state index < -0.39 is 0 Å². The van der Waals surface area contributed by atoms with E-state index in [-0.39, 0.29) is 5.97 Å². The summed E-state index contributed by atoms with van der Waals surface area (Å²) in [7, 11) is 0. The lowest BCUT2D eigenvalue weighted by Gasteiger charge is -1.98. The fraction of sp³-hybridized carbons (Fsp3) is 0.176. The highest BCUT2D eigenvalue weighted by atomic mass is 16.5. The standard InChI is InChI=1S/C17H16N2O2/c1-3-21-15(20)8-7-12-5-4-6-13-14-9-11(2)10-18-17(14)19-16(12)13/h4-10H,3H2,1-2H3,(H,18,19). The Hall–Kier alpha value is -2.62. The van der Waals surface area contributed by atoms with Crippen LogP contribution in [0.4, 0.5) is 0 Å². The van der Waals surface area contributed by atoms with Gasteiger partial charge in [0.1, 0.15) is 5.65 Å². The number of H-pyrrole nitrogens is 1. The lowest BCUT2D eigenvalue weighted by molar-refractivity contribution is -0.137. The Labute approximate surface area is 122 Å². The van der Waals surface area contributed by atoms with Gasteiger partial charge in [0.25, 0.3) is 0 Å². The monoisotopic (exact) mass is 280 g/mol. The van der Waals surface area contributed by atoms with Crippen molar-refractivity contribution in [3.05, 3.63) is 47.7 Å². The molecule has 4 heteroatoms. The van der Waals surface area contributed by atoms with Crippen LogP contribution in [0, 0.1) is 6.92 Å². The number of pyridine rings is 1. The number of carbonyl (C=O) groups is 1. The van der Waals surface area contributed by atoms with Gasteiger partial charge in [-0.1, -0.05) is 18.2 Å². The molecule has 3 rings (SSSR count). The first-order valence-corrected chi connectivity index (χ1v) is 6.91. The van der Waals surface area contributed by atoms with Gasteiger partial charge in [0.15, 0.2) is 0 Å². The summed E-state index contributed by atoms with van der Waals surface area (Å²) in [6, 6.07) is 8.10. The van der Waals surface area contributed by atoms with Gasteiger partial charge in [-0.3, -0.25) is 0 Å². The molecule has 0 amide bonds. The molecule has 106 valence electrons. The predicted molar refractivity (Wildman–Crippen MR) is 84.0 cm³/mol. The Morgan fingerprint density at radius 3 is 3.05 bits per heavy atom. The molecule has 2 aromatic heterocycles. The van der Waals surface area contributed by atoms with Crippen molar-refractivity contribution in [2.75, 3.05) is 6.61 Å². The van der Waals surface area contributed by atoms with Crippen molar-refractivity contribution in [3.8, 4) is 0 Å². The van der Waals surface area contributed by atoms with Crippen molar-refractivity contribution in [1.82, 2.24) is 9.97 Å². The zero-order chi connectivity index (χ0) is 14.8. The van der Waals surface area contributed by atoms with Gasteiger partial charge in [-0.2, -0.15) is 0 Å². The van der Waals surface area contributed by atoms with Crippen molar-refractivity contribution >= 4 is 34.0 Å². The number of nitrogens with one attached hydrogen (secondary N) is 1. The third-order valence-corrected chi connectivity index (χ3v) is 3.34. The Balaban J connectivity index is 2.12. The number of esters is 1. The summed E-state index contributed by atoms with van der Waals surface area (Å²) in [5, 5.41) is 2.20. The van der Waals surface area contributed by atoms with Crippen LogP contribution in [0.15, 0.2) is 36.5 Å². The minimum Gasteiger partial charge on any atom is -0.463 e. The summed E-state index contributed by atoms with van der Waals surface area (Å²) in [5.41, 5.74) is 3.89. The molecule has 21 heavy (non-hydrogen) atoms. The summed E-state index contributed by atoms with van der Waals surface area (Å²) in [4.78, 5) is 19.2. The molecule has 0 spiro atoms. The molecular formula is C17H16N2O2. The lowest BCUT2D eigenvalue weighted by atomic mass is 10.1. The van der Waals surface area contributed by atoms with E-state index in [4.69, 9.17) is 4.74 Å². The normalized spacial score (nSPS) is 11.5. The van der Waals surface area contributed by atoms with Gasteiger partial charge >= 0.3 is 5.97 Å². The molecule has 0 saturated carbocycles. The van der Waals surface area contributed by atoms with Crippen LogP contribution in [0.3, 0.4) is 0 Å². The second kappa shape index (κ2) is 5.40. The Kier molecular flexibility index (Phi) is 3.44. The first kappa shape index (κ1) is 13.4. The third kappa shape index (κ3) is 2.52. The zero-order valence-corrected chi connectivity index (χ0v) is 12.0. The largest absolute Gasteiger partial charge is 0.463 e. The zero-order valence-electron chi connectivity index (χ0n) is 12.0. The number of ether oxygens (including phenoxy) is 1. The fourth-order valence-corrected chi connectivity index (χ4v) is 2.41. The first-order valence-electron chi connectivity index (χ1n) is 6.91. The van der Waals surface area contributed by atoms with Crippen LogP contribution in [0.25, 0.3) is 28.0 Å². The number of benzene rings is 1. The average molecular weight is 280 g/mol. The van der Waals surface area contributed by atoms with Gasteiger partial charge in [0.2, 0.25) is 0 Å². The predicted octanol–water partition coefficient (Wildman–Crippen LogP) is 3.60. The molecule has 4 nitrogen and oxygen atoms in total. The summed E-state index contributed by atoms with van der Waals surface area (Å²) >= 11 is 0. The van der Waals surface area contributed by atoms with E-state index in [0.29, 0.717) is 6.61 Å². The van der Waals surface area contributed by atoms with Crippen LogP contribution in [0.5, 0.6) is 0 Å². The van der Waals surface area contributed by atoms with E-state index in [1.807, 2.05) is 25.3 Å². The van der Waals surface area contributed by atoms with E-state index in [1.54, 1.807) is 13.0 Å². The van der Waals surface area contributed by atoms with Crippen LogP contribution >= 0.6 is 0 Å². The quantitative estimate of drug-likeness (QED) is 0.589. The van der Waals surface area contributed by atoms with Gasteiger partial charge in [-0.05, 0) is 37.1 Å². The van der Waals surface area contributed by atoms with Crippen LogP contribution < -0.4 is 0 Å². The van der Waals surface area contributed by atoms with Gasteiger partial charge in [0, 0.05) is 23.0 Å². The Morgan fingerprint density at radius 2 is 2.24 bits per heavy atom. The van der Waals surface area contributed by atoms with Crippen molar-refractivity contribution in [2.24, 2.45) is 0 Å². The number of fused-ring (bicyclic) bond motifs is 3. The molecule has 0 aliphatic heterocycles. The number of nitrogens with zero attached hydrogens (tertiary/aromatic N) is 1. The third-order valence-electron chi connectivity index (χ3n) is 3.34. The summed E-state index contributed by atoms with van der Waals surface area (Å²) in [6.45, 7) is 4.19. The Bertz CT molecular complexity index is 846. The van der Waals surface area contributed by atoms with Crippen LogP contribution in [-0.2, 0) is 9.53 Å². The lowest BCUT2D eigenvalue weighted by Crippen LogP contribution is -1.98. The van der Waals surface area contributed by atoms with Gasteiger partial charge in [0.05, 0.1) is 12.1 Å². The summed E-state index contributed by atoms with van der Waals surface area (Å²) in [6.07, 6.45) is 5.05. The van der Waals surface area contributed by atoms with E-state index in [9.17, 15) is 4.79 Å². The fourth-order valence-electron chi connectivity index (χ4n) is 2.41. The van der Waals surface area contributed by atoms with Gasteiger partial charge in [-0.25, -0.2) is 9.78 Å². The highest BCUT2D eigenvalue weighted by molar-refractivity contribution is 6.09. The molecule has 1 N–H and O–H groups in total. The van der Waals surface area contributed by atoms with E-state index in [2.05, 4.69) is 22.1 Å². The van der Waals surface area contributed by atoms with Crippen molar-refractivity contribution < 1.29 is 9.53 Å². The molecule has 1 aromatic carbocycles. The second-order valence-corrected chi connectivity index (χ2v) is 4.89. The SMILES string of the molecule is CCOC(=O)C=Cc1cccc2c1[nH]c1ncc(C)cc12. The number of rotatable bonds is 3. The molecule has 0 saturated heterocycles. The first-order chi connectivity index (χ1) is 10.2. The number of carbonyl (C=O) groups excluding carboxylic acids is 1. The number of hydrogen-bond acceptors (Lipinski definition) is 3. The number of hydrogen-bond donors (Lipinski definition) is 1. The van der Waals surface area contributed by atoms with E-state index in [0.717, 1.165) is 33.1 Å². The van der Waals surface area contributed by atoms with E-state index >= 15 is 0 Å². The molecule has 0 unspecified atom stereocenters. The maximum absolute atomic E-state index is 11.4. The van der Waals surface area contributed by atoms with Crippen molar-refractivity contribution in [2.45, 2.75) is 13.8 Å². The van der Waals surface area contributed by atoms with Crippen molar-refractivity contribution in [3.63, 3.8) is 0 Å². The number of aromatic nitrogens is 2. The summed E-state index contributed by atoms with van der Waals surface area (Å²) in [5.74, 6) is -0.334. The van der Waals surface area contributed by atoms with Gasteiger partial charge < -0.3 is 9.72 Å². The maximum atomic E-state index is 11.4. The molecule has 0 aliphatic carbocycles. The highest BCUT2D eigenvalue weighted by Gasteiger charge is 2.07. The minimum absolute atomic E-state index is 0.334. The maximum Gasteiger partial charge on any atom is 0.330 e. The molecule has 0 radical (unpaired) electrons. The van der Waals surface area contributed by atoms with E-state index in [1.165, 1.54) is 6.08 Å². The minimum atomic E-state index is -0.334. The molecule has 0 bridgehead atoms. The molecule has 2 heterocycles. The van der Waals surface area contributed by atoms with Gasteiger partial charge in [-0.15, -0.1) is 0 Å². The topological polar surface area (TPSA) is 55.0 Å².